The van der Waals surface area contributed by atoms with Gasteiger partial charge in [-0.25, -0.2) is 13.6 Å². The molecule has 1 aromatic heterocycles. The number of likely N-dealkylation sites (tertiary alicyclic amines) is 1. The van der Waals surface area contributed by atoms with Gasteiger partial charge in [0.1, 0.15) is 0 Å². The predicted octanol–water partition coefficient (Wildman–Crippen LogP) is 3.58. The minimum Gasteiger partial charge on any atom is -0.331 e. The molecule has 0 radical (unpaired) electrons. The number of halogens is 2. The Hall–Kier alpha value is -2.44. The Bertz CT molecular complexity index is 761. The number of urea groups is 1. The van der Waals surface area contributed by atoms with Crippen LogP contribution in [0.5, 0.6) is 0 Å². The third kappa shape index (κ3) is 3.81. The average molecular weight is 348 g/mol. The third-order valence-corrected chi connectivity index (χ3v) is 4.58. The number of nitrogens with zero attached hydrogens (tertiary/aromatic N) is 3. The second-order valence-electron chi connectivity index (χ2n) is 6.55. The van der Waals surface area contributed by atoms with Crippen LogP contribution in [0.25, 0.3) is 0 Å². The van der Waals surface area contributed by atoms with Gasteiger partial charge in [-0.3, -0.25) is 4.68 Å². The van der Waals surface area contributed by atoms with Gasteiger partial charge in [0, 0.05) is 24.8 Å². The maximum Gasteiger partial charge on any atom is 0.317 e. The zero-order chi connectivity index (χ0) is 18.0. The fourth-order valence-electron chi connectivity index (χ4n) is 3.20. The van der Waals surface area contributed by atoms with Crippen LogP contribution in [0.3, 0.4) is 0 Å². The molecule has 5 nitrogen and oxygen atoms in total. The van der Waals surface area contributed by atoms with Gasteiger partial charge in [0.25, 0.3) is 0 Å². The van der Waals surface area contributed by atoms with E-state index < -0.39 is 17.7 Å². The fraction of sp³-hybridized carbons (Fsp3) is 0.444. The first kappa shape index (κ1) is 17.4. The topological polar surface area (TPSA) is 50.2 Å². The van der Waals surface area contributed by atoms with Gasteiger partial charge in [-0.1, -0.05) is 12.1 Å². The van der Waals surface area contributed by atoms with Crippen molar-refractivity contribution in [3.05, 3.63) is 53.4 Å². The molecular formula is C18H22F2N4O. The Balaban J connectivity index is 1.65. The molecule has 2 atom stereocenters. The summed E-state index contributed by atoms with van der Waals surface area (Å²) in [7, 11) is 0. The second-order valence-corrected chi connectivity index (χ2v) is 6.55. The van der Waals surface area contributed by atoms with Crippen molar-refractivity contribution in [1.29, 1.82) is 0 Å². The van der Waals surface area contributed by atoms with Gasteiger partial charge >= 0.3 is 6.03 Å². The molecule has 0 unspecified atom stereocenters. The number of amides is 2. The highest BCUT2D eigenvalue weighted by molar-refractivity contribution is 5.74. The van der Waals surface area contributed by atoms with Crippen molar-refractivity contribution >= 4 is 6.03 Å². The first-order chi connectivity index (χ1) is 12.0. The van der Waals surface area contributed by atoms with Crippen molar-refractivity contribution in [2.24, 2.45) is 0 Å². The first-order valence-corrected chi connectivity index (χ1v) is 8.46. The maximum absolute atomic E-state index is 13.9. The highest BCUT2D eigenvalue weighted by Gasteiger charge is 2.26. The van der Waals surface area contributed by atoms with Crippen LogP contribution in [-0.2, 0) is 0 Å². The lowest BCUT2D eigenvalue weighted by Crippen LogP contribution is -2.46. The van der Waals surface area contributed by atoms with Crippen molar-refractivity contribution in [2.75, 3.05) is 13.1 Å². The van der Waals surface area contributed by atoms with Crippen LogP contribution in [0.2, 0.25) is 0 Å². The molecule has 2 aromatic rings. The number of hydrogen-bond acceptors (Lipinski definition) is 2. The summed E-state index contributed by atoms with van der Waals surface area (Å²) in [6, 6.07) is 3.23. The van der Waals surface area contributed by atoms with Gasteiger partial charge in [-0.05, 0) is 38.3 Å². The summed E-state index contributed by atoms with van der Waals surface area (Å²) in [5, 5.41) is 7.09. The minimum atomic E-state index is -0.918. The van der Waals surface area contributed by atoms with E-state index in [9.17, 15) is 13.6 Å². The average Bonchev–Trinajstić information content (AvgIpc) is 3.04. The molecule has 1 aromatic carbocycles. The zero-order valence-electron chi connectivity index (χ0n) is 14.4. The van der Waals surface area contributed by atoms with Gasteiger partial charge in [-0.15, -0.1) is 0 Å². The molecule has 7 heteroatoms. The van der Waals surface area contributed by atoms with Crippen LogP contribution in [0.1, 0.15) is 43.0 Å². The van der Waals surface area contributed by atoms with Gasteiger partial charge in [0.15, 0.2) is 11.6 Å². The normalized spacial score (nSPS) is 18.9. The summed E-state index contributed by atoms with van der Waals surface area (Å²) >= 11 is 0. The van der Waals surface area contributed by atoms with E-state index in [1.165, 1.54) is 12.1 Å². The van der Waals surface area contributed by atoms with Crippen LogP contribution in [0.15, 0.2) is 30.6 Å². The van der Waals surface area contributed by atoms with Crippen molar-refractivity contribution in [2.45, 2.75) is 38.8 Å². The van der Waals surface area contributed by atoms with E-state index in [0.29, 0.717) is 13.1 Å². The van der Waals surface area contributed by atoms with E-state index in [2.05, 4.69) is 10.4 Å². The molecule has 1 N–H and O–H groups in total. The lowest BCUT2D eigenvalue weighted by atomic mass is 10.1. The Kier molecular flexibility index (Phi) is 5.01. The summed E-state index contributed by atoms with van der Waals surface area (Å²) in [4.78, 5) is 14.2. The number of rotatable bonds is 3. The number of hydrogen-bond donors (Lipinski definition) is 1. The molecule has 25 heavy (non-hydrogen) atoms. The summed E-state index contributed by atoms with van der Waals surface area (Å²) in [6.45, 7) is 4.81. The summed E-state index contributed by atoms with van der Waals surface area (Å²) in [6.07, 6.45) is 5.60. The Morgan fingerprint density at radius 2 is 2.20 bits per heavy atom. The standard InChI is InChI=1S/C18H22F2N4O/c1-12-9-21-24(10-12)14-5-4-8-23(11-14)18(25)22-13(2)15-6-3-7-16(19)17(15)20/h3,6-7,9-10,13-14H,4-5,8,11H2,1-2H3,(H,22,25)/t13-,14+/m0/s1. The van der Waals surface area contributed by atoms with Gasteiger partial charge < -0.3 is 10.2 Å². The van der Waals surface area contributed by atoms with Crippen molar-refractivity contribution < 1.29 is 13.6 Å². The van der Waals surface area contributed by atoms with E-state index in [4.69, 9.17) is 0 Å². The summed E-state index contributed by atoms with van der Waals surface area (Å²) < 4.78 is 29.1. The molecule has 1 aliphatic rings. The van der Waals surface area contributed by atoms with E-state index >= 15 is 0 Å². The number of nitrogens with one attached hydrogen (secondary N) is 1. The first-order valence-electron chi connectivity index (χ1n) is 8.46. The maximum atomic E-state index is 13.9. The number of aromatic nitrogens is 2. The van der Waals surface area contributed by atoms with E-state index in [-0.39, 0.29) is 17.6 Å². The van der Waals surface area contributed by atoms with Gasteiger partial charge in [-0.2, -0.15) is 5.10 Å². The molecule has 3 rings (SSSR count). The number of aryl methyl sites for hydroxylation is 1. The summed E-state index contributed by atoms with van der Waals surface area (Å²) in [5.74, 6) is -1.83. The quantitative estimate of drug-likeness (QED) is 0.922. The molecule has 0 saturated carbocycles. The van der Waals surface area contributed by atoms with Gasteiger partial charge in [0.05, 0.1) is 18.3 Å². The lowest BCUT2D eigenvalue weighted by Gasteiger charge is -2.33. The minimum absolute atomic E-state index is 0.134. The number of carbonyl (C=O) groups excluding carboxylic acids is 1. The molecule has 1 fully saturated rings. The molecular weight excluding hydrogens is 326 g/mol. The largest absolute Gasteiger partial charge is 0.331 e. The third-order valence-electron chi connectivity index (χ3n) is 4.58. The molecule has 1 saturated heterocycles. The van der Waals surface area contributed by atoms with Crippen LogP contribution in [0.4, 0.5) is 13.6 Å². The molecule has 134 valence electrons. The fourth-order valence-corrected chi connectivity index (χ4v) is 3.20. The predicted molar refractivity (Wildman–Crippen MR) is 90.1 cm³/mol. The lowest BCUT2D eigenvalue weighted by molar-refractivity contribution is 0.160. The number of carbonyl (C=O) groups is 1. The summed E-state index contributed by atoms with van der Waals surface area (Å²) in [5.41, 5.74) is 1.22. The van der Waals surface area contributed by atoms with E-state index in [1.54, 1.807) is 18.0 Å². The van der Waals surface area contributed by atoms with Crippen LogP contribution < -0.4 is 5.32 Å². The molecule has 0 aliphatic carbocycles. The highest BCUT2D eigenvalue weighted by Crippen LogP contribution is 2.23. The number of piperidine rings is 1. The van der Waals surface area contributed by atoms with Gasteiger partial charge in [0.2, 0.25) is 0 Å². The van der Waals surface area contributed by atoms with E-state index in [1.807, 2.05) is 17.8 Å². The Labute approximate surface area is 145 Å². The van der Waals surface area contributed by atoms with Crippen LogP contribution >= 0.6 is 0 Å². The SMILES string of the molecule is Cc1cnn([C@@H]2CCCN(C(=O)N[C@@H](C)c3cccc(F)c3F)C2)c1. The van der Waals surface area contributed by atoms with Crippen molar-refractivity contribution in [3.8, 4) is 0 Å². The Morgan fingerprint density at radius 3 is 2.92 bits per heavy atom. The zero-order valence-corrected chi connectivity index (χ0v) is 14.4. The molecule has 1 aliphatic heterocycles. The molecule has 2 heterocycles. The van der Waals surface area contributed by atoms with Crippen LogP contribution in [-0.4, -0.2) is 33.8 Å². The Morgan fingerprint density at radius 1 is 1.40 bits per heavy atom. The number of benzene rings is 1. The second kappa shape index (κ2) is 7.21. The van der Waals surface area contributed by atoms with Crippen molar-refractivity contribution in [1.82, 2.24) is 20.0 Å². The monoisotopic (exact) mass is 348 g/mol. The van der Waals surface area contributed by atoms with Crippen LogP contribution in [0, 0.1) is 18.6 Å². The smallest absolute Gasteiger partial charge is 0.317 e. The molecule has 2 amide bonds. The van der Waals surface area contributed by atoms with Crippen molar-refractivity contribution in [3.63, 3.8) is 0 Å². The van der Waals surface area contributed by atoms with E-state index in [0.717, 1.165) is 24.5 Å². The molecule has 0 bridgehead atoms. The molecule has 0 spiro atoms. The highest BCUT2D eigenvalue weighted by atomic mass is 19.2.